The van der Waals surface area contributed by atoms with Crippen molar-refractivity contribution in [1.29, 1.82) is 0 Å². The maximum atomic E-state index is 12.8. The van der Waals surface area contributed by atoms with Crippen LogP contribution in [0.25, 0.3) is 10.8 Å². The van der Waals surface area contributed by atoms with Crippen LogP contribution in [0.1, 0.15) is 19.8 Å². The topological polar surface area (TPSA) is 95.5 Å². The summed E-state index contributed by atoms with van der Waals surface area (Å²) in [5.41, 5.74) is 1.38. The highest BCUT2D eigenvalue weighted by atomic mass is 32.2. The molecule has 6 nitrogen and oxygen atoms in total. The molecule has 34 heavy (non-hydrogen) atoms. The Balaban J connectivity index is 1.35. The molecular weight excluding hydrogens is 448 g/mol. The Bertz CT molecular complexity index is 1230. The number of allylic oxidation sites excluding steroid dienone is 2. The standard InChI is InChI=1S/C27H26N2O4S/c1-17(25(30)29-24-12-6-8-18-7-2-3-9-21(18)24)34-20-15-13-19(14-16-20)28-26(31)22-10-4-5-11-23(22)27(32)33/h2-9,12-17,22-23H,10-11H2,1H3,(H,28,31)(H,29,30)(H,32,33). The molecule has 0 aromatic heterocycles. The smallest absolute Gasteiger partial charge is 0.307 e. The molecule has 0 saturated heterocycles. The van der Waals surface area contributed by atoms with Gasteiger partial charge in [0.05, 0.1) is 17.1 Å². The number of benzene rings is 3. The van der Waals surface area contributed by atoms with Crippen molar-refractivity contribution in [3.63, 3.8) is 0 Å². The van der Waals surface area contributed by atoms with Gasteiger partial charge in [0.15, 0.2) is 0 Å². The van der Waals surface area contributed by atoms with Crippen LogP contribution in [0.3, 0.4) is 0 Å². The van der Waals surface area contributed by atoms with Crippen LogP contribution in [0.15, 0.2) is 83.8 Å². The minimum absolute atomic E-state index is 0.0937. The van der Waals surface area contributed by atoms with E-state index in [1.807, 2.05) is 73.7 Å². The Morgan fingerprint density at radius 2 is 1.56 bits per heavy atom. The normalized spacial score (nSPS) is 18.3. The van der Waals surface area contributed by atoms with E-state index >= 15 is 0 Å². The average molecular weight is 475 g/mol. The lowest BCUT2D eigenvalue weighted by Crippen LogP contribution is -2.34. The molecule has 0 aliphatic heterocycles. The molecule has 4 rings (SSSR count). The number of amides is 2. The van der Waals surface area contributed by atoms with Crippen molar-refractivity contribution in [3.05, 3.63) is 78.9 Å². The molecule has 1 aliphatic carbocycles. The molecular formula is C27H26N2O4S. The molecule has 0 fully saturated rings. The second kappa shape index (κ2) is 10.6. The second-order valence-corrected chi connectivity index (χ2v) is 9.70. The molecule has 0 heterocycles. The molecule has 3 atom stereocenters. The number of carboxylic acid groups (broad SMARTS) is 1. The van der Waals surface area contributed by atoms with Gasteiger partial charge in [-0.15, -0.1) is 11.8 Å². The van der Waals surface area contributed by atoms with Crippen molar-refractivity contribution in [2.45, 2.75) is 29.9 Å². The maximum Gasteiger partial charge on any atom is 0.307 e. The van der Waals surface area contributed by atoms with E-state index < -0.39 is 17.8 Å². The quantitative estimate of drug-likeness (QED) is 0.308. The number of rotatable bonds is 7. The van der Waals surface area contributed by atoms with E-state index in [2.05, 4.69) is 10.6 Å². The molecule has 2 amide bonds. The van der Waals surface area contributed by atoms with Crippen LogP contribution >= 0.6 is 11.8 Å². The van der Waals surface area contributed by atoms with Gasteiger partial charge in [0.1, 0.15) is 0 Å². The van der Waals surface area contributed by atoms with Gasteiger partial charge in [-0.3, -0.25) is 14.4 Å². The molecule has 0 bridgehead atoms. The fourth-order valence-electron chi connectivity index (χ4n) is 4.06. The lowest BCUT2D eigenvalue weighted by molar-refractivity contribution is -0.146. The van der Waals surface area contributed by atoms with Gasteiger partial charge >= 0.3 is 5.97 Å². The fraction of sp³-hybridized carbons (Fsp3) is 0.222. The molecule has 1 aliphatic rings. The molecule has 3 aromatic rings. The van der Waals surface area contributed by atoms with Gasteiger partial charge in [-0.05, 0) is 55.5 Å². The number of carbonyl (C=O) groups excluding carboxylic acids is 2. The van der Waals surface area contributed by atoms with E-state index in [1.165, 1.54) is 11.8 Å². The SMILES string of the molecule is CC(Sc1ccc(NC(=O)C2CC=CCC2C(=O)O)cc1)C(=O)Nc1cccc2ccccc12. The van der Waals surface area contributed by atoms with E-state index in [-0.39, 0.29) is 17.1 Å². The highest BCUT2D eigenvalue weighted by Gasteiger charge is 2.33. The van der Waals surface area contributed by atoms with Crippen molar-refractivity contribution < 1.29 is 19.5 Å². The zero-order valence-electron chi connectivity index (χ0n) is 18.7. The first-order valence-electron chi connectivity index (χ1n) is 11.2. The Hall–Kier alpha value is -3.58. The van der Waals surface area contributed by atoms with Crippen LogP contribution in [0.4, 0.5) is 11.4 Å². The van der Waals surface area contributed by atoms with Crippen molar-refractivity contribution in [2.75, 3.05) is 10.6 Å². The summed E-state index contributed by atoms with van der Waals surface area (Å²) in [4.78, 5) is 37.8. The number of thioether (sulfide) groups is 1. The van der Waals surface area contributed by atoms with Crippen LogP contribution in [0, 0.1) is 11.8 Å². The third-order valence-corrected chi connectivity index (χ3v) is 7.05. The highest BCUT2D eigenvalue weighted by molar-refractivity contribution is 8.00. The number of fused-ring (bicyclic) bond motifs is 1. The molecule has 0 spiro atoms. The largest absolute Gasteiger partial charge is 0.481 e. The van der Waals surface area contributed by atoms with Gasteiger partial charge in [-0.2, -0.15) is 0 Å². The minimum Gasteiger partial charge on any atom is -0.481 e. The summed E-state index contributed by atoms with van der Waals surface area (Å²) >= 11 is 1.42. The Kier molecular flexibility index (Phi) is 7.33. The lowest BCUT2D eigenvalue weighted by atomic mass is 9.82. The van der Waals surface area contributed by atoms with Gasteiger partial charge in [0.25, 0.3) is 0 Å². The van der Waals surface area contributed by atoms with Crippen molar-refractivity contribution in [1.82, 2.24) is 0 Å². The van der Waals surface area contributed by atoms with Gasteiger partial charge in [-0.1, -0.05) is 48.6 Å². The summed E-state index contributed by atoms with van der Waals surface area (Å²) in [5, 5.41) is 17.0. The van der Waals surface area contributed by atoms with E-state index in [0.717, 1.165) is 21.4 Å². The van der Waals surface area contributed by atoms with Gasteiger partial charge in [-0.25, -0.2) is 0 Å². The average Bonchev–Trinajstić information content (AvgIpc) is 2.85. The summed E-state index contributed by atoms with van der Waals surface area (Å²) in [5.74, 6) is -2.63. The third kappa shape index (κ3) is 5.48. The molecule has 174 valence electrons. The minimum atomic E-state index is -0.952. The summed E-state index contributed by atoms with van der Waals surface area (Å²) in [7, 11) is 0. The first-order chi connectivity index (χ1) is 16.4. The number of carboxylic acids is 1. The van der Waals surface area contributed by atoms with Crippen molar-refractivity contribution in [2.24, 2.45) is 11.8 Å². The fourth-order valence-corrected chi connectivity index (χ4v) is 4.92. The Labute approximate surface area is 202 Å². The molecule has 3 N–H and O–H groups in total. The van der Waals surface area contributed by atoms with E-state index in [4.69, 9.17) is 0 Å². The number of hydrogen-bond acceptors (Lipinski definition) is 4. The molecule has 0 saturated carbocycles. The predicted molar refractivity (Wildman–Crippen MR) is 136 cm³/mol. The molecule has 0 radical (unpaired) electrons. The summed E-state index contributed by atoms with van der Waals surface area (Å²) in [6.45, 7) is 1.85. The van der Waals surface area contributed by atoms with Crippen LogP contribution in [-0.2, 0) is 14.4 Å². The summed E-state index contributed by atoms with van der Waals surface area (Å²) < 4.78 is 0. The predicted octanol–water partition coefficient (Wildman–Crippen LogP) is 5.56. The first-order valence-corrected chi connectivity index (χ1v) is 12.0. The summed E-state index contributed by atoms with van der Waals surface area (Å²) in [6.07, 6.45) is 4.45. The van der Waals surface area contributed by atoms with E-state index in [9.17, 15) is 19.5 Å². The zero-order chi connectivity index (χ0) is 24.1. The monoisotopic (exact) mass is 474 g/mol. The number of aliphatic carboxylic acids is 1. The number of hydrogen-bond donors (Lipinski definition) is 3. The van der Waals surface area contributed by atoms with Crippen LogP contribution < -0.4 is 10.6 Å². The number of nitrogens with one attached hydrogen (secondary N) is 2. The van der Waals surface area contributed by atoms with Crippen molar-refractivity contribution >= 4 is 51.7 Å². The van der Waals surface area contributed by atoms with Gasteiger partial charge < -0.3 is 15.7 Å². The lowest BCUT2D eigenvalue weighted by Gasteiger charge is -2.24. The highest BCUT2D eigenvalue weighted by Crippen LogP contribution is 2.30. The number of anilines is 2. The second-order valence-electron chi connectivity index (χ2n) is 8.28. The number of carbonyl (C=O) groups is 3. The first kappa shape index (κ1) is 23.6. The molecule has 7 heteroatoms. The molecule has 3 unspecified atom stereocenters. The van der Waals surface area contributed by atoms with Crippen molar-refractivity contribution in [3.8, 4) is 0 Å². The Morgan fingerprint density at radius 1 is 0.882 bits per heavy atom. The van der Waals surface area contributed by atoms with Crippen LogP contribution in [0.5, 0.6) is 0 Å². The van der Waals surface area contributed by atoms with Gasteiger partial charge in [0, 0.05) is 21.7 Å². The van der Waals surface area contributed by atoms with Gasteiger partial charge in [0.2, 0.25) is 11.8 Å². The summed E-state index contributed by atoms with van der Waals surface area (Å²) in [6, 6.07) is 21.0. The maximum absolute atomic E-state index is 12.8. The third-order valence-electron chi connectivity index (χ3n) is 5.94. The zero-order valence-corrected chi connectivity index (χ0v) is 19.5. The molecule has 3 aromatic carbocycles. The van der Waals surface area contributed by atoms with Crippen LogP contribution in [-0.4, -0.2) is 28.1 Å². The van der Waals surface area contributed by atoms with E-state index in [0.29, 0.717) is 18.5 Å². The van der Waals surface area contributed by atoms with E-state index in [1.54, 1.807) is 12.1 Å². The Morgan fingerprint density at radius 3 is 2.29 bits per heavy atom. The van der Waals surface area contributed by atoms with Crippen LogP contribution in [0.2, 0.25) is 0 Å².